The van der Waals surface area contributed by atoms with E-state index < -0.39 is 0 Å². The predicted octanol–water partition coefficient (Wildman–Crippen LogP) is 5.63. The van der Waals surface area contributed by atoms with Gasteiger partial charge in [-0.25, -0.2) is 4.79 Å². The number of anilines is 1. The van der Waals surface area contributed by atoms with Crippen molar-refractivity contribution in [3.05, 3.63) is 53.1 Å². The molecule has 148 valence electrons. The molecule has 2 fully saturated rings. The molecule has 0 aromatic heterocycles. The van der Waals surface area contributed by atoms with Crippen molar-refractivity contribution in [2.24, 2.45) is 0 Å². The predicted molar refractivity (Wildman–Crippen MR) is 114 cm³/mol. The summed E-state index contributed by atoms with van der Waals surface area (Å²) >= 11 is 6.16. The highest BCUT2D eigenvalue weighted by molar-refractivity contribution is 6.30. The largest absolute Gasteiger partial charge is 0.445 e. The zero-order valence-corrected chi connectivity index (χ0v) is 17.5. The molecule has 2 unspecified atom stereocenters. The highest BCUT2D eigenvalue weighted by atomic mass is 35.5. The maximum absolute atomic E-state index is 12.6. The summed E-state index contributed by atoms with van der Waals surface area (Å²) in [6, 6.07) is 14.8. The van der Waals surface area contributed by atoms with Crippen LogP contribution in [0, 0.1) is 6.92 Å². The molecule has 1 amide bonds. The number of aryl methyl sites for hydroxylation is 1. The highest BCUT2D eigenvalue weighted by Gasteiger charge is 2.49. The van der Waals surface area contributed by atoms with E-state index in [9.17, 15) is 4.79 Å². The van der Waals surface area contributed by atoms with E-state index in [0.717, 1.165) is 39.7 Å². The van der Waals surface area contributed by atoms with Crippen molar-refractivity contribution in [1.29, 1.82) is 0 Å². The number of benzene rings is 2. The lowest BCUT2D eigenvalue weighted by Crippen LogP contribution is -2.56. The number of piperidine rings is 1. The van der Waals surface area contributed by atoms with Gasteiger partial charge in [-0.05, 0) is 36.8 Å². The fourth-order valence-electron chi connectivity index (χ4n) is 4.88. The van der Waals surface area contributed by atoms with Crippen LogP contribution in [0.3, 0.4) is 0 Å². The molecule has 0 saturated carbocycles. The number of fused-ring (bicyclic) bond motifs is 2. The Hall–Kier alpha value is -2.04. The Morgan fingerprint density at radius 1 is 1.11 bits per heavy atom. The third-order valence-corrected chi connectivity index (χ3v) is 6.84. The van der Waals surface area contributed by atoms with Gasteiger partial charge in [0.25, 0.3) is 0 Å². The summed E-state index contributed by atoms with van der Waals surface area (Å²) in [7, 11) is 4.62. The maximum atomic E-state index is 12.6. The average molecular weight is 400 g/mol. The Kier molecular flexibility index (Phi) is 5.11. The van der Waals surface area contributed by atoms with Crippen LogP contribution in [-0.4, -0.2) is 42.9 Å². The molecule has 2 heterocycles. The van der Waals surface area contributed by atoms with Gasteiger partial charge in [0.15, 0.2) is 0 Å². The molecule has 2 aromatic rings. The quantitative estimate of drug-likeness (QED) is 0.679. The van der Waals surface area contributed by atoms with Gasteiger partial charge in [-0.15, -0.1) is 0 Å². The number of amides is 1. The summed E-state index contributed by atoms with van der Waals surface area (Å²) in [5, 5.41) is 3.64. The molecule has 0 spiro atoms. The second-order valence-corrected chi connectivity index (χ2v) is 9.13. The lowest BCUT2D eigenvalue weighted by atomic mass is 9.98. The molecular weight excluding hydrogens is 372 g/mol. The van der Waals surface area contributed by atoms with Gasteiger partial charge in [0.05, 0.1) is 31.9 Å². The molecule has 2 aromatic carbocycles. The van der Waals surface area contributed by atoms with Crippen molar-refractivity contribution >= 4 is 23.4 Å². The summed E-state index contributed by atoms with van der Waals surface area (Å²) in [6.07, 6.45) is 4.00. The smallest absolute Gasteiger partial charge is 0.411 e. The minimum absolute atomic E-state index is 0.00344. The van der Waals surface area contributed by atoms with Crippen LogP contribution < -0.4 is 5.32 Å². The van der Waals surface area contributed by atoms with Crippen LogP contribution in [0.4, 0.5) is 10.5 Å². The molecule has 0 radical (unpaired) electrons. The topological polar surface area (TPSA) is 38.3 Å². The molecule has 28 heavy (non-hydrogen) atoms. The Bertz CT molecular complexity index is 880. The Labute approximate surface area is 172 Å². The van der Waals surface area contributed by atoms with E-state index in [0.29, 0.717) is 17.1 Å². The van der Waals surface area contributed by atoms with Crippen molar-refractivity contribution in [1.82, 2.24) is 0 Å². The Morgan fingerprint density at radius 3 is 2.50 bits per heavy atom. The lowest BCUT2D eigenvalue weighted by Gasteiger charge is -2.43. The molecule has 4 nitrogen and oxygen atoms in total. The number of hydrogen-bond acceptors (Lipinski definition) is 2. The number of quaternary nitrogens is 1. The molecule has 0 aliphatic carbocycles. The lowest BCUT2D eigenvalue weighted by molar-refractivity contribution is -0.931. The molecule has 2 atom stereocenters. The summed E-state index contributed by atoms with van der Waals surface area (Å²) in [6.45, 7) is 2.04. The van der Waals surface area contributed by atoms with E-state index in [4.69, 9.17) is 16.3 Å². The molecule has 2 saturated heterocycles. The Morgan fingerprint density at radius 2 is 1.82 bits per heavy atom. The summed E-state index contributed by atoms with van der Waals surface area (Å²) in [5.74, 6) is 0. The molecule has 5 heteroatoms. The monoisotopic (exact) mass is 399 g/mol. The first-order valence-electron chi connectivity index (χ1n) is 10.0. The van der Waals surface area contributed by atoms with E-state index in [2.05, 4.69) is 25.5 Å². The number of ether oxygens (including phenoxy) is 1. The van der Waals surface area contributed by atoms with Gasteiger partial charge in [0, 0.05) is 36.3 Å². The summed E-state index contributed by atoms with van der Waals surface area (Å²) in [5.41, 5.74) is 3.78. The second kappa shape index (κ2) is 7.41. The van der Waals surface area contributed by atoms with Gasteiger partial charge in [-0.2, -0.15) is 0 Å². The fourth-order valence-corrected chi connectivity index (χ4v) is 5.07. The molecule has 2 aliphatic rings. The van der Waals surface area contributed by atoms with Crippen LogP contribution in [0.5, 0.6) is 0 Å². The third kappa shape index (κ3) is 3.76. The number of carbonyl (C=O) groups is 1. The van der Waals surface area contributed by atoms with Gasteiger partial charge in [0.2, 0.25) is 0 Å². The van der Waals surface area contributed by atoms with Crippen molar-refractivity contribution in [2.75, 3.05) is 19.4 Å². The first-order valence-corrected chi connectivity index (χ1v) is 10.4. The van der Waals surface area contributed by atoms with E-state index in [-0.39, 0.29) is 12.2 Å². The number of carbonyl (C=O) groups excluding carboxylic acids is 1. The first-order chi connectivity index (χ1) is 13.3. The van der Waals surface area contributed by atoms with Crippen molar-refractivity contribution in [2.45, 2.75) is 50.8 Å². The van der Waals surface area contributed by atoms with Gasteiger partial charge in [-0.1, -0.05) is 35.4 Å². The fraction of sp³-hybridized carbons (Fsp3) is 0.435. The minimum atomic E-state index is -0.372. The maximum Gasteiger partial charge on any atom is 0.411 e. The number of nitrogens with one attached hydrogen (secondary N) is 1. The third-order valence-electron chi connectivity index (χ3n) is 6.61. The van der Waals surface area contributed by atoms with Gasteiger partial charge in [0.1, 0.15) is 6.10 Å². The number of rotatable bonds is 3. The van der Waals surface area contributed by atoms with Crippen molar-refractivity contribution in [3.8, 4) is 11.1 Å². The van der Waals surface area contributed by atoms with E-state index in [1.54, 1.807) is 0 Å². The van der Waals surface area contributed by atoms with Crippen LogP contribution >= 0.6 is 11.6 Å². The van der Waals surface area contributed by atoms with E-state index in [1.165, 1.54) is 12.8 Å². The molecular formula is C23H28ClN2O2+. The molecule has 4 rings (SSSR count). The Balaban J connectivity index is 1.48. The van der Waals surface area contributed by atoms with Crippen molar-refractivity contribution < 1.29 is 14.0 Å². The zero-order chi connectivity index (χ0) is 19.9. The van der Waals surface area contributed by atoms with Crippen LogP contribution in [0.25, 0.3) is 11.1 Å². The normalized spacial score (nSPS) is 25.4. The standard InChI is InChI=1S/C23H27ClN2O2/c1-15-7-10-22(21(11-15)16-5-4-6-17(24)12-16)25-23(27)28-20-13-18-8-9-19(14-20)26(18,2)3/h4-7,10-12,18-20H,8-9,13-14H2,1-3H3/p+1. The number of nitrogens with zero attached hydrogens (tertiary/aromatic N) is 1. The second-order valence-electron chi connectivity index (χ2n) is 8.70. The van der Waals surface area contributed by atoms with Crippen molar-refractivity contribution in [3.63, 3.8) is 0 Å². The molecule has 2 aliphatic heterocycles. The van der Waals surface area contributed by atoms with Crippen LogP contribution in [0.15, 0.2) is 42.5 Å². The SMILES string of the molecule is Cc1ccc(NC(=O)OC2CC3CCC(C2)[N+]3(C)C)c(-c2cccc(Cl)c2)c1. The van der Waals surface area contributed by atoms with E-state index >= 15 is 0 Å². The number of halogens is 1. The zero-order valence-electron chi connectivity index (χ0n) is 16.7. The first kappa shape index (κ1) is 19.3. The van der Waals surface area contributed by atoms with Gasteiger partial charge < -0.3 is 9.22 Å². The minimum Gasteiger partial charge on any atom is -0.445 e. The molecule has 2 bridgehead atoms. The van der Waals surface area contributed by atoms with Crippen LogP contribution in [0.1, 0.15) is 31.2 Å². The summed E-state index contributed by atoms with van der Waals surface area (Å²) < 4.78 is 6.90. The highest BCUT2D eigenvalue weighted by Crippen LogP contribution is 2.40. The summed E-state index contributed by atoms with van der Waals surface area (Å²) in [4.78, 5) is 12.6. The van der Waals surface area contributed by atoms with Gasteiger partial charge in [-0.3, -0.25) is 5.32 Å². The van der Waals surface area contributed by atoms with Gasteiger partial charge >= 0.3 is 6.09 Å². The van der Waals surface area contributed by atoms with Crippen LogP contribution in [-0.2, 0) is 4.74 Å². The average Bonchev–Trinajstić information content (AvgIpc) is 2.81. The van der Waals surface area contributed by atoms with Crippen LogP contribution in [0.2, 0.25) is 5.02 Å². The number of hydrogen-bond donors (Lipinski definition) is 1. The van der Waals surface area contributed by atoms with E-state index in [1.807, 2.05) is 43.3 Å². The molecule has 1 N–H and O–H groups in total.